The molecule has 2 rings (SSSR count). The minimum Gasteiger partial charge on any atom is -0.309 e. The summed E-state index contributed by atoms with van der Waals surface area (Å²) in [6.07, 6.45) is 2.07. The predicted molar refractivity (Wildman–Crippen MR) is 87.2 cm³/mol. The second kappa shape index (κ2) is 6.86. The summed E-state index contributed by atoms with van der Waals surface area (Å²) in [6.45, 7) is 6.29. The van der Waals surface area contributed by atoms with Crippen LogP contribution < -0.4 is 5.32 Å². The first-order valence-electron chi connectivity index (χ1n) is 7.65. The van der Waals surface area contributed by atoms with Crippen LogP contribution in [0.3, 0.4) is 0 Å². The average Bonchev–Trinajstić information content (AvgIpc) is 2.46. The van der Waals surface area contributed by atoms with Crippen LogP contribution in [0, 0.1) is 12.7 Å². The summed E-state index contributed by atoms with van der Waals surface area (Å²) >= 11 is 0. The third kappa shape index (κ3) is 3.51. The van der Waals surface area contributed by atoms with Crippen molar-refractivity contribution in [2.24, 2.45) is 0 Å². The maximum Gasteiger partial charge on any atom is 0.123 e. The maximum absolute atomic E-state index is 13.7. The van der Waals surface area contributed by atoms with Gasteiger partial charge >= 0.3 is 0 Å². The molecule has 21 heavy (non-hydrogen) atoms. The lowest BCUT2D eigenvalue weighted by Gasteiger charge is -2.20. The number of hydrogen-bond donors (Lipinski definition) is 1. The molecule has 0 fully saturated rings. The zero-order valence-corrected chi connectivity index (χ0v) is 13.3. The van der Waals surface area contributed by atoms with E-state index >= 15 is 0 Å². The van der Waals surface area contributed by atoms with Crippen molar-refractivity contribution in [3.8, 4) is 0 Å². The molecule has 0 saturated heterocycles. The average molecular weight is 285 g/mol. The molecule has 112 valence electrons. The van der Waals surface area contributed by atoms with E-state index in [2.05, 4.69) is 37.4 Å². The van der Waals surface area contributed by atoms with Crippen LogP contribution in [0.2, 0.25) is 0 Å². The molecule has 0 aromatic heterocycles. The number of hydrogen-bond acceptors (Lipinski definition) is 1. The molecule has 2 aromatic carbocycles. The summed E-state index contributed by atoms with van der Waals surface area (Å²) in [6, 6.07) is 11.9. The van der Waals surface area contributed by atoms with Gasteiger partial charge in [-0.2, -0.15) is 0 Å². The molecule has 0 aliphatic heterocycles. The molecule has 1 nitrogen and oxygen atoms in total. The van der Waals surface area contributed by atoms with E-state index in [-0.39, 0.29) is 11.9 Å². The van der Waals surface area contributed by atoms with Crippen LogP contribution in [-0.2, 0) is 12.8 Å². The molecule has 1 atom stereocenters. The second-order valence-corrected chi connectivity index (χ2v) is 5.52. The van der Waals surface area contributed by atoms with Gasteiger partial charge in [0.15, 0.2) is 0 Å². The summed E-state index contributed by atoms with van der Waals surface area (Å²) < 4.78 is 13.7. The van der Waals surface area contributed by atoms with Gasteiger partial charge in [-0.3, -0.25) is 0 Å². The maximum atomic E-state index is 13.7. The Bertz CT molecular complexity index is 599. The normalized spacial score (nSPS) is 12.4. The Kier molecular flexibility index (Phi) is 5.13. The summed E-state index contributed by atoms with van der Waals surface area (Å²) in [5, 5.41) is 3.31. The van der Waals surface area contributed by atoms with Crippen LogP contribution in [0.5, 0.6) is 0 Å². The minimum absolute atomic E-state index is 0.0237. The quantitative estimate of drug-likeness (QED) is 0.848. The summed E-state index contributed by atoms with van der Waals surface area (Å²) in [4.78, 5) is 0. The van der Waals surface area contributed by atoms with E-state index in [0.717, 1.165) is 24.0 Å². The number of benzene rings is 2. The van der Waals surface area contributed by atoms with Gasteiger partial charge in [0.25, 0.3) is 0 Å². The number of aryl methyl sites for hydroxylation is 3. The van der Waals surface area contributed by atoms with Crippen LogP contribution in [-0.4, -0.2) is 7.05 Å². The van der Waals surface area contributed by atoms with Crippen molar-refractivity contribution >= 4 is 0 Å². The largest absolute Gasteiger partial charge is 0.309 e. The molecule has 0 spiro atoms. The molecular formula is C19H24FN. The summed E-state index contributed by atoms with van der Waals surface area (Å²) in [7, 11) is 1.92. The fourth-order valence-corrected chi connectivity index (χ4v) is 2.96. The molecule has 0 bridgehead atoms. The van der Waals surface area contributed by atoms with Crippen molar-refractivity contribution < 1.29 is 4.39 Å². The zero-order valence-electron chi connectivity index (χ0n) is 13.3. The number of halogens is 1. The molecule has 2 aromatic rings. The fraction of sp³-hybridized carbons (Fsp3) is 0.368. The standard InChI is InChI=1S/C19H24FN/c1-5-14-7-8-16(11-15(14)6-2)19(21-4)17-9-13(3)10-18(20)12-17/h7-12,19,21H,5-6H2,1-4H3. The lowest BCUT2D eigenvalue weighted by atomic mass is 9.92. The van der Waals surface area contributed by atoms with Gasteiger partial charge in [0.1, 0.15) is 5.82 Å². The zero-order chi connectivity index (χ0) is 15.4. The van der Waals surface area contributed by atoms with Gasteiger partial charge in [-0.25, -0.2) is 4.39 Å². The molecule has 0 heterocycles. The number of nitrogens with one attached hydrogen (secondary N) is 1. The molecular weight excluding hydrogens is 261 g/mol. The Morgan fingerprint density at radius 2 is 1.67 bits per heavy atom. The molecule has 0 aliphatic rings. The third-order valence-corrected chi connectivity index (χ3v) is 4.01. The lowest BCUT2D eigenvalue weighted by Crippen LogP contribution is -2.18. The Hall–Kier alpha value is -1.67. The lowest BCUT2D eigenvalue weighted by molar-refractivity contribution is 0.615. The van der Waals surface area contributed by atoms with E-state index in [9.17, 15) is 4.39 Å². The molecule has 1 N–H and O–H groups in total. The highest BCUT2D eigenvalue weighted by molar-refractivity contribution is 5.39. The van der Waals surface area contributed by atoms with Crippen LogP contribution in [0.1, 0.15) is 47.7 Å². The predicted octanol–water partition coefficient (Wildman–Crippen LogP) is 4.57. The number of rotatable bonds is 5. The van der Waals surface area contributed by atoms with Gasteiger partial charge in [0.05, 0.1) is 6.04 Å². The molecule has 0 radical (unpaired) electrons. The second-order valence-electron chi connectivity index (χ2n) is 5.52. The van der Waals surface area contributed by atoms with E-state index in [1.807, 2.05) is 20.0 Å². The van der Waals surface area contributed by atoms with E-state index in [1.54, 1.807) is 12.1 Å². The van der Waals surface area contributed by atoms with E-state index in [4.69, 9.17) is 0 Å². The van der Waals surface area contributed by atoms with Crippen LogP contribution >= 0.6 is 0 Å². The minimum atomic E-state index is -0.175. The van der Waals surface area contributed by atoms with Gasteiger partial charge in [0, 0.05) is 0 Å². The van der Waals surface area contributed by atoms with Gasteiger partial charge in [-0.15, -0.1) is 0 Å². The first-order chi connectivity index (χ1) is 10.1. The van der Waals surface area contributed by atoms with Crippen LogP contribution in [0.25, 0.3) is 0 Å². The Labute approximate surface area is 127 Å². The summed E-state index contributed by atoms with van der Waals surface area (Å²) in [5.74, 6) is -0.175. The molecule has 0 saturated carbocycles. The Morgan fingerprint density at radius 3 is 2.24 bits per heavy atom. The third-order valence-electron chi connectivity index (χ3n) is 4.01. The van der Waals surface area contributed by atoms with Gasteiger partial charge in [-0.1, -0.05) is 38.1 Å². The Balaban J connectivity index is 2.45. The smallest absolute Gasteiger partial charge is 0.123 e. The molecule has 0 aliphatic carbocycles. The van der Waals surface area contributed by atoms with Gasteiger partial charge in [0.2, 0.25) is 0 Å². The molecule has 0 amide bonds. The van der Waals surface area contributed by atoms with Crippen molar-refractivity contribution in [2.45, 2.75) is 39.7 Å². The van der Waals surface area contributed by atoms with Crippen molar-refractivity contribution in [1.29, 1.82) is 0 Å². The van der Waals surface area contributed by atoms with E-state index in [1.165, 1.54) is 16.7 Å². The highest BCUT2D eigenvalue weighted by atomic mass is 19.1. The first-order valence-corrected chi connectivity index (χ1v) is 7.65. The monoisotopic (exact) mass is 285 g/mol. The van der Waals surface area contributed by atoms with Crippen molar-refractivity contribution in [3.63, 3.8) is 0 Å². The highest BCUT2D eigenvalue weighted by Crippen LogP contribution is 2.26. The SMILES string of the molecule is CCc1ccc(C(NC)c2cc(C)cc(F)c2)cc1CC. The summed E-state index contributed by atoms with van der Waals surface area (Å²) in [5.41, 5.74) is 5.89. The Morgan fingerprint density at radius 1 is 0.952 bits per heavy atom. The van der Waals surface area contributed by atoms with E-state index in [0.29, 0.717) is 0 Å². The van der Waals surface area contributed by atoms with Crippen molar-refractivity contribution in [3.05, 3.63) is 70.0 Å². The highest BCUT2D eigenvalue weighted by Gasteiger charge is 2.14. The first kappa shape index (κ1) is 15.7. The van der Waals surface area contributed by atoms with Crippen molar-refractivity contribution in [2.75, 3.05) is 7.05 Å². The van der Waals surface area contributed by atoms with Gasteiger partial charge in [-0.05, 0) is 66.8 Å². The van der Waals surface area contributed by atoms with Gasteiger partial charge < -0.3 is 5.32 Å². The topological polar surface area (TPSA) is 12.0 Å². The van der Waals surface area contributed by atoms with Crippen LogP contribution in [0.15, 0.2) is 36.4 Å². The fourth-order valence-electron chi connectivity index (χ4n) is 2.96. The molecule has 1 unspecified atom stereocenters. The van der Waals surface area contributed by atoms with Crippen LogP contribution in [0.4, 0.5) is 4.39 Å². The molecule has 2 heteroatoms. The van der Waals surface area contributed by atoms with E-state index < -0.39 is 0 Å². The van der Waals surface area contributed by atoms with Crippen molar-refractivity contribution in [1.82, 2.24) is 5.32 Å².